The van der Waals surface area contributed by atoms with E-state index >= 15 is 0 Å². The van der Waals surface area contributed by atoms with E-state index in [4.69, 9.17) is 4.74 Å². The number of ether oxygens (including phenoxy) is 1. The van der Waals surface area contributed by atoms with Crippen molar-refractivity contribution in [2.45, 2.75) is 6.42 Å². The van der Waals surface area contributed by atoms with E-state index in [1.54, 1.807) is 19.2 Å². The van der Waals surface area contributed by atoms with Crippen LogP contribution >= 0.6 is 15.9 Å². The number of para-hydroxylation sites is 1. The normalized spacial score (nSPS) is 10.7. The molecular formula is C18H17BrN2O2. The summed E-state index contributed by atoms with van der Waals surface area (Å²) < 4.78 is 6.09. The van der Waals surface area contributed by atoms with E-state index in [1.165, 1.54) is 10.9 Å². The van der Waals surface area contributed by atoms with Crippen LogP contribution in [0.15, 0.2) is 53.1 Å². The average Bonchev–Trinajstić information content (AvgIpc) is 2.98. The first kappa shape index (κ1) is 15.6. The summed E-state index contributed by atoms with van der Waals surface area (Å²) >= 11 is 3.38. The molecule has 1 amide bonds. The highest BCUT2D eigenvalue weighted by molar-refractivity contribution is 9.10. The van der Waals surface area contributed by atoms with Gasteiger partial charge in [0.1, 0.15) is 5.75 Å². The maximum absolute atomic E-state index is 12.3. The SMILES string of the molecule is COc1ccc(Br)cc1C(=O)NCCc1c[nH]c2ccccc12. The quantitative estimate of drug-likeness (QED) is 0.713. The van der Waals surface area contributed by atoms with Crippen LogP contribution in [0.3, 0.4) is 0 Å². The number of rotatable bonds is 5. The highest BCUT2D eigenvalue weighted by Gasteiger charge is 2.12. The molecule has 0 aliphatic heterocycles. The van der Waals surface area contributed by atoms with Crippen molar-refractivity contribution in [2.75, 3.05) is 13.7 Å². The molecule has 0 atom stereocenters. The van der Waals surface area contributed by atoms with Gasteiger partial charge in [-0.1, -0.05) is 34.1 Å². The van der Waals surface area contributed by atoms with Crippen molar-refractivity contribution in [1.29, 1.82) is 0 Å². The fourth-order valence-electron chi connectivity index (χ4n) is 2.60. The fourth-order valence-corrected chi connectivity index (χ4v) is 2.96. The topological polar surface area (TPSA) is 54.1 Å². The Morgan fingerprint density at radius 3 is 2.91 bits per heavy atom. The lowest BCUT2D eigenvalue weighted by molar-refractivity contribution is 0.0951. The predicted molar refractivity (Wildman–Crippen MR) is 95.0 cm³/mol. The molecular weight excluding hydrogens is 356 g/mol. The molecule has 1 aromatic heterocycles. The summed E-state index contributed by atoms with van der Waals surface area (Å²) in [6.45, 7) is 0.566. The van der Waals surface area contributed by atoms with Crippen molar-refractivity contribution in [2.24, 2.45) is 0 Å². The van der Waals surface area contributed by atoms with Crippen LogP contribution in [0.2, 0.25) is 0 Å². The van der Waals surface area contributed by atoms with Gasteiger partial charge in [0, 0.05) is 28.1 Å². The third-order valence-corrected chi connectivity index (χ3v) is 4.25. The van der Waals surface area contributed by atoms with E-state index in [2.05, 4.69) is 32.3 Å². The molecule has 0 aliphatic carbocycles. The number of amides is 1. The molecule has 0 spiro atoms. The van der Waals surface area contributed by atoms with Gasteiger partial charge in [-0.2, -0.15) is 0 Å². The standard InChI is InChI=1S/C18H17BrN2O2/c1-23-17-7-6-13(19)10-15(17)18(22)20-9-8-12-11-21-16-5-3-2-4-14(12)16/h2-7,10-11,21H,8-9H2,1H3,(H,20,22). The van der Waals surface area contributed by atoms with Crippen molar-refractivity contribution in [3.05, 3.63) is 64.3 Å². The Hall–Kier alpha value is -2.27. The minimum absolute atomic E-state index is 0.136. The minimum atomic E-state index is -0.136. The van der Waals surface area contributed by atoms with Gasteiger partial charge in [-0.3, -0.25) is 4.79 Å². The number of carbonyl (C=O) groups excluding carboxylic acids is 1. The zero-order valence-electron chi connectivity index (χ0n) is 12.7. The smallest absolute Gasteiger partial charge is 0.255 e. The number of H-pyrrole nitrogens is 1. The molecule has 0 saturated heterocycles. The summed E-state index contributed by atoms with van der Waals surface area (Å²) in [5, 5.41) is 4.15. The van der Waals surface area contributed by atoms with Crippen molar-refractivity contribution < 1.29 is 9.53 Å². The molecule has 2 aromatic carbocycles. The Labute approximate surface area is 143 Å². The van der Waals surface area contributed by atoms with Gasteiger partial charge in [0.05, 0.1) is 12.7 Å². The lowest BCUT2D eigenvalue weighted by Crippen LogP contribution is -2.26. The molecule has 3 rings (SSSR count). The van der Waals surface area contributed by atoms with Crippen LogP contribution in [-0.4, -0.2) is 24.5 Å². The first-order valence-corrected chi connectivity index (χ1v) is 8.15. The molecule has 2 N–H and O–H groups in total. The molecule has 1 heterocycles. The maximum Gasteiger partial charge on any atom is 0.255 e. The molecule has 0 fully saturated rings. The highest BCUT2D eigenvalue weighted by atomic mass is 79.9. The molecule has 0 radical (unpaired) electrons. The average molecular weight is 373 g/mol. The number of hydrogen-bond acceptors (Lipinski definition) is 2. The van der Waals surface area contributed by atoms with Gasteiger partial charge in [-0.25, -0.2) is 0 Å². The zero-order valence-corrected chi connectivity index (χ0v) is 14.3. The molecule has 4 nitrogen and oxygen atoms in total. The van der Waals surface area contributed by atoms with E-state index in [1.807, 2.05) is 30.5 Å². The van der Waals surface area contributed by atoms with Crippen LogP contribution in [-0.2, 0) is 6.42 Å². The number of benzene rings is 2. The van der Waals surface area contributed by atoms with Gasteiger partial charge < -0.3 is 15.0 Å². The molecule has 0 aliphatic rings. The van der Waals surface area contributed by atoms with Gasteiger partial charge in [-0.15, -0.1) is 0 Å². The van der Waals surface area contributed by atoms with Crippen LogP contribution < -0.4 is 10.1 Å². The van der Waals surface area contributed by atoms with E-state index in [9.17, 15) is 4.79 Å². The summed E-state index contributed by atoms with van der Waals surface area (Å²) in [7, 11) is 1.56. The van der Waals surface area contributed by atoms with Crippen LogP contribution in [0.25, 0.3) is 10.9 Å². The van der Waals surface area contributed by atoms with Gasteiger partial charge in [0.15, 0.2) is 0 Å². The van der Waals surface area contributed by atoms with Gasteiger partial charge in [0.25, 0.3) is 5.91 Å². The lowest BCUT2D eigenvalue weighted by Gasteiger charge is -2.09. The molecule has 3 aromatic rings. The summed E-state index contributed by atoms with van der Waals surface area (Å²) in [6.07, 6.45) is 2.77. The number of halogens is 1. The predicted octanol–water partition coefficient (Wildman–Crippen LogP) is 3.91. The fraction of sp³-hybridized carbons (Fsp3) is 0.167. The summed E-state index contributed by atoms with van der Waals surface area (Å²) in [5.74, 6) is 0.431. The first-order valence-electron chi connectivity index (χ1n) is 7.36. The van der Waals surface area contributed by atoms with Crippen LogP contribution in [0, 0.1) is 0 Å². The molecule has 0 saturated carbocycles. The third kappa shape index (κ3) is 3.40. The molecule has 118 valence electrons. The molecule has 23 heavy (non-hydrogen) atoms. The number of aromatic nitrogens is 1. The van der Waals surface area contributed by atoms with Crippen LogP contribution in [0.4, 0.5) is 0 Å². The number of hydrogen-bond donors (Lipinski definition) is 2. The van der Waals surface area contributed by atoms with Gasteiger partial charge >= 0.3 is 0 Å². The second-order valence-corrected chi connectivity index (χ2v) is 6.13. The molecule has 0 bridgehead atoms. The number of aromatic amines is 1. The number of carbonyl (C=O) groups is 1. The second-order valence-electron chi connectivity index (χ2n) is 5.21. The zero-order chi connectivity index (χ0) is 16.2. The Kier molecular flexibility index (Phi) is 4.67. The lowest BCUT2D eigenvalue weighted by atomic mass is 10.1. The molecule has 5 heteroatoms. The summed E-state index contributed by atoms with van der Waals surface area (Å²) in [5.41, 5.74) is 2.84. The second kappa shape index (κ2) is 6.87. The van der Waals surface area contributed by atoms with Gasteiger partial charge in [-0.05, 0) is 36.2 Å². The largest absolute Gasteiger partial charge is 0.496 e. The van der Waals surface area contributed by atoms with Crippen molar-refractivity contribution >= 4 is 32.7 Å². The van der Waals surface area contributed by atoms with Crippen LogP contribution in [0.5, 0.6) is 5.75 Å². The first-order chi connectivity index (χ1) is 11.2. The van der Waals surface area contributed by atoms with E-state index in [0.29, 0.717) is 17.9 Å². The van der Waals surface area contributed by atoms with E-state index < -0.39 is 0 Å². The number of methoxy groups -OCH3 is 1. The minimum Gasteiger partial charge on any atom is -0.496 e. The number of fused-ring (bicyclic) bond motifs is 1. The van der Waals surface area contributed by atoms with E-state index in [-0.39, 0.29) is 5.91 Å². The summed E-state index contributed by atoms with van der Waals surface area (Å²) in [4.78, 5) is 15.6. The summed E-state index contributed by atoms with van der Waals surface area (Å²) in [6, 6.07) is 13.5. The Morgan fingerprint density at radius 1 is 1.26 bits per heavy atom. The third-order valence-electron chi connectivity index (χ3n) is 3.76. The molecule has 0 unspecified atom stereocenters. The highest BCUT2D eigenvalue weighted by Crippen LogP contribution is 2.23. The maximum atomic E-state index is 12.3. The van der Waals surface area contributed by atoms with Crippen molar-refractivity contribution in [3.8, 4) is 5.75 Å². The van der Waals surface area contributed by atoms with Gasteiger partial charge in [0.2, 0.25) is 0 Å². The van der Waals surface area contributed by atoms with Crippen molar-refractivity contribution in [1.82, 2.24) is 10.3 Å². The Balaban J connectivity index is 1.67. The Bertz CT molecular complexity index is 842. The monoisotopic (exact) mass is 372 g/mol. The van der Waals surface area contributed by atoms with Crippen LogP contribution in [0.1, 0.15) is 15.9 Å². The Morgan fingerprint density at radius 2 is 2.09 bits per heavy atom. The number of nitrogens with one attached hydrogen (secondary N) is 2. The van der Waals surface area contributed by atoms with Crippen molar-refractivity contribution in [3.63, 3.8) is 0 Å². The van der Waals surface area contributed by atoms with E-state index in [0.717, 1.165) is 16.4 Å².